The van der Waals surface area contributed by atoms with Crippen LogP contribution in [0.25, 0.3) is 0 Å². The van der Waals surface area contributed by atoms with E-state index in [4.69, 9.17) is 4.74 Å². The van der Waals surface area contributed by atoms with Crippen LogP contribution in [0.4, 0.5) is 4.79 Å². The number of imidazole rings is 1. The second-order valence-electron chi connectivity index (χ2n) is 6.53. The molecule has 6 heteroatoms. The van der Waals surface area contributed by atoms with Gasteiger partial charge in [-0.15, -0.1) is 0 Å². The lowest BCUT2D eigenvalue weighted by atomic mass is 9.97. The summed E-state index contributed by atoms with van der Waals surface area (Å²) in [4.78, 5) is 22.8. The second-order valence-corrected chi connectivity index (χ2v) is 6.53. The van der Waals surface area contributed by atoms with Crippen molar-refractivity contribution in [2.24, 2.45) is 0 Å². The Kier molecular flexibility index (Phi) is 6.04. The number of aromatic nitrogens is 3. The van der Waals surface area contributed by atoms with E-state index in [1.54, 1.807) is 6.20 Å². The van der Waals surface area contributed by atoms with E-state index in [1.165, 1.54) is 0 Å². The molecule has 1 aliphatic heterocycles. The van der Waals surface area contributed by atoms with Crippen molar-refractivity contribution in [1.82, 2.24) is 19.4 Å². The molecular formula is C19H26N4O2. The third-order valence-corrected chi connectivity index (χ3v) is 4.59. The highest BCUT2D eigenvalue weighted by molar-refractivity contribution is 5.67. The molecule has 0 saturated carbocycles. The number of likely N-dealkylation sites (tertiary alicyclic amines) is 1. The smallest absolute Gasteiger partial charge is 0.409 e. The summed E-state index contributed by atoms with van der Waals surface area (Å²) < 4.78 is 7.53. The molecule has 1 atom stereocenters. The van der Waals surface area contributed by atoms with Gasteiger partial charge >= 0.3 is 6.09 Å². The number of carbonyl (C=O) groups is 1. The molecular weight excluding hydrogens is 316 g/mol. The highest BCUT2D eigenvalue weighted by Gasteiger charge is 2.28. The maximum Gasteiger partial charge on any atom is 0.409 e. The van der Waals surface area contributed by atoms with Gasteiger partial charge in [-0.3, -0.25) is 4.98 Å². The molecule has 1 fully saturated rings. The molecule has 0 aliphatic carbocycles. The van der Waals surface area contributed by atoms with Gasteiger partial charge in [-0.05, 0) is 30.9 Å². The highest BCUT2D eigenvalue weighted by atomic mass is 16.6. The normalized spacial score (nSPS) is 17.5. The van der Waals surface area contributed by atoms with E-state index in [0.29, 0.717) is 13.2 Å². The minimum absolute atomic E-state index is 0.191. The van der Waals surface area contributed by atoms with E-state index < -0.39 is 0 Å². The first-order valence-corrected chi connectivity index (χ1v) is 9.09. The molecule has 25 heavy (non-hydrogen) atoms. The fourth-order valence-corrected chi connectivity index (χ4v) is 3.25. The van der Waals surface area contributed by atoms with E-state index in [2.05, 4.69) is 27.5 Å². The first-order valence-electron chi connectivity index (χ1n) is 9.09. The first-order chi connectivity index (χ1) is 12.3. The molecule has 2 aromatic heterocycles. The van der Waals surface area contributed by atoms with E-state index >= 15 is 0 Å². The number of pyridine rings is 1. The zero-order valence-electron chi connectivity index (χ0n) is 14.8. The number of amides is 1. The van der Waals surface area contributed by atoms with Crippen LogP contribution in [0, 0.1) is 0 Å². The first kappa shape index (κ1) is 17.5. The van der Waals surface area contributed by atoms with Gasteiger partial charge in [0.25, 0.3) is 0 Å². The predicted octanol–water partition coefficient (Wildman–Crippen LogP) is 3.44. The Hall–Kier alpha value is -2.37. The maximum atomic E-state index is 12.2. The Labute approximate surface area is 148 Å². The van der Waals surface area contributed by atoms with Crippen molar-refractivity contribution in [1.29, 1.82) is 0 Å². The molecule has 0 aromatic carbocycles. The zero-order valence-corrected chi connectivity index (χ0v) is 14.8. The largest absolute Gasteiger partial charge is 0.449 e. The van der Waals surface area contributed by atoms with Gasteiger partial charge in [-0.1, -0.05) is 19.4 Å². The van der Waals surface area contributed by atoms with Gasteiger partial charge in [0, 0.05) is 43.8 Å². The average molecular weight is 342 g/mol. The molecule has 0 radical (unpaired) electrons. The number of hydrogen-bond acceptors (Lipinski definition) is 4. The van der Waals surface area contributed by atoms with Gasteiger partial charge in [-0.25, -0.2) is 9.78 Å². The summed E-state index contributed by atoms with van der Waals surface area (Å²) in [6.07, 6.45) is 11.3. The molecule has 0 spiro atoms. The number of ether oxygens (including phenoxy) is 1. The Balaban J connectivity index is 1.64. The van der Waals surface area contributed by atoms with Gasteiger partial charge in [0.2, 0.25) is 0 Å². The molecule has 3 heterocycles. The van der Waals surface area contributed by atoms with E-state index in [-0.39, 0.29) is 12.0 Å². The molecule has 1 saturated heterocycles. The lowest BCUT2D eigenvalue weighted by Gasteiger charge is -2.32. The van der Waals surface area contributed by atoms with Crippen molar-refractivity contribution in [3.05, 3.63) is 48.3 Å². The number of hydrogen-bond donors (Lipinski definition) is 0. The third-order valence-electron chi connectivity index (χ3n) is 4.59. The van der Waals surface area contributed by atoms with Crippen molar-refractivity contribution in [3.8, 4) is 0 Å². The molecule has 134 valence electrons. The fourth-order valence-electron chi connectivity index (χ4n) is 3.25. The van der Waals surface area contributed by atoms with Gasteiger partial charge in [0.05, 0.1) is 13.2 Å². The topological polar surface area (TPSA) is 60.2 Å². The van der Waals surface area contributed by atoms with Crippen molar-refractivity contribution in [2.45, 2.75) is 45.1 Å². The number of carbonyl (C=O) groups excluding carboxylic acids is 1. The third kappa shape index (κ3) is 4.59. The van der Waals surface area contributed by atoms with Crippen LogP contribution >= 0.6 is 0 Å². The Morgan fingerprint density at radius 2 is 2.32 bits per heavy atom. The molecule has 0 N–H and O–H groups in total. The lowest BCUT2D eigenvalue weighted by Crippen LogP contribution is -2.40. The summed E-state index contributed by atoms with van der Waals surface area (Å²) in [5, 5.41) is 0. The Morgan fingerprint density at radius 1 is 1.40 bits per heavy atom. The minimum atomic E-state index is -0.191. The van der Waals surface area contributed by atoms with Crippen LogP contribution in [-0.2, 0) is 11.3 Å². The molecule has 1 amide bonds. The van der Waals surface area contributed by atoms with Crippen molar-refractivity contribution >= 4 is 6.09 Å². The molecule has 1 aliphatic rings. The van der Waals surface area contributed by atoms with Crippen LogP contribution in [0.1, 0.15) is 49.9 Å². The van der Waals surface area contributed by atoms with Gasteiger partial charge in [-0.2, -0.15) is 0 Å². The quantitative estimate of drug-likeness (QED) is 0.755. The van der Waals surface area contributed by atoms with E-state index in [0.717, 1.165) is 50.2 Å². The van der Waals surface area contributed by atoms with E-state index in [9.17, 15) is 4.79 Å². The summed E-state index contributed by atoms with van der Waals surface area (Å²) in [5.74, 6) is 1.29. The van der Waals surface area contributed by atoms with Crippen molar-refractivity contribution < 1.29 is 9.53 Å². The monoisotopic (exact) mass is 342 g/mol. The van der Waals surface area contributed by atoms with Crippen LogP contribution in [0.3, 0.4) is 0 Å². The average Bonchev–Trinajstić information content (AvgIpc) is 3.11. The van der Waals surface area contributed by atoms with Crippen LogP contribution < -0.4 is 0 Å². The highest BCUT2D eigenvalue weighted by Crippen LogP contribution is 2.26. The standard InChI is InChI=1S/C19H26N4O2/c1-2-3-12-25-19(24)23-10-5-7-17(15-23)18-21-9-11-22(18)14-16-6-4-8-20-13-16/h4,6,8-9,11,13,17H,2-3,5,7,10,12,14-15H2,1H3/t17-/m0/s1. The summed E-state index contributed by atoms with van der Waals surface area (Å²) in [6, 6.07) is 4.01. The maximum absolute atomic E-state index is 12.2. The van der Waals surface area contributed by atoms with Crippen molar-refractivity contribution in [2.75, 3.05) is 19.7 Å². The fraction of sp³-hybridized carbons (Fsp3) is 0.526. The summed E-state index contributed by atoms with van der Waals surface area (Å²) in [6.45, 7) is 4.79. The summed E-state index contributed by atoms with van der Waals surface area (Å²) in [5.41, 5.74) is 1.15. The van der Waals surface area contributed by atoms with Gasteiger partial charge < -0.3 is 14.2 Å². The summed E-state index contributed by atoms with van der Waals surface area (Å²) in [7, 11) is 0. The second kappa shape index (κ2) is 8.65. The predicted molar refractivity (Wildman–Crippen MR) is 95.4 cm³/mol. The number of unbranched alkanes of at least 4 members (excludes halogenated alkanes) is 1. The lowest BCUT2D eigenvalue weighted by molar-refractivity contribution is 0.0896. The molecule has 2 aromatic rings. The number of piperidine rings is 1. The Bertz CT molecular complexity index is 671. The molecule has 0 bridgehead atoms. The van der Waals surface area contributed by atoms with E-state index in [1.807, 2.05) is 29.6 Å². The Morgan fingerprint density at radius 3 is 3.12 bits per heavy atom. The van der Waals surface area contributed by atoms with Crippen LogP contribution in [0.2, 0.25) is 0 Å². The zero-order chi connectivity index (χ0) is 17.5. The number of nitrogens with zero attached hydrogens (tertiary/aromatic N) is 4. The van der Waals surface area contributed by atoms with Crippen LogP contribution in [0.5, 0.6) is 0 Å². The van der Waals surface area contributed by atoms with Crippen molar-refractivity contribution in [3.63, 3.8) is 0 Å². The minimum Gasteiger partial charge on any atom is -0.449 e. The van der Waals surface area contributed by atoms with Gasteiger partial charge in [0.1, 0.15) is 5.82 Å². The number of rotatable bonds is 6. The van der Waals surface area contributed by atoms with Crippen LogP contribution in [0.15, 0.2) is 36.9 Å². The summed E-state index contributed by atoms with van der Waals surface area (Å²) >= 11 is 0. The van der Waals surface area contributed by atoms with Crippen LogP contribution in [-0.4, -0.2) is 45.2 Å². The molecule has 6 nitrogen and oxygen atoms in total. The molecule has 0 unspecified atom stereocenters. The SMILES string of the molecule is CCCCOC(=O)N1CCC[C@H](c2nccn2Cc2cccnc2)C1. The van der Waals surface area contributed by atoms with Gasteiger partial charge in [0.15, 0.2) is 0 Å². The molecule has 3 rings (SSSR count).